The predicted molar refractivity (Wildman–Crippen MR) is 132 cm³/mol. The molecule has 3 aromatic rings. The van der Waals surface area contributed by atoms with E-state index in [1.807, 2.05) is 0 Å². The molecule has 4 rings (SSSR count). The van der Waals surface area contributed by atoms with Crippen molar-refractivity contribution < 1.29 is 28.6 Å². The average molecular weight is 515 g/mol. The van der Waals surface area contributed by atoms with Gasteiger partial charge in [0.2, 0.25) is 5.91 Å². The Kier molecular flexibility index (Phi) is 7.56. The topological polar surface area (TPSA) is 124 Å². The van der Waals surface area contributed by atoms with Crippen molar-refractivity contribution in [2.24, 2.45) is 0 Å². The molecular formula is C25H24ClFN4O5. The number of aromatic amines is 1. The van der Waals surface area contributed by atoms with Gasteiger partial charge < -0.3 is 30.4 Å². The molecule has 0 radical (unpaired) electrons. The SMILES string of the molecule is CCOC(=O)c1cc[nH]c1-c1ccc(NC(=O)[C@H]2C[C@@H](O)CN2C(=O)Nc2ccc(Cl)cc2)c(F)c1. The molecule has 0 bridgehead atoms. The van der Waals surface area contributed by atoms with Gasteiger partial charge in [0.05, 0.1) is 29.7 Å². The summed E-state index contributed by atoms with van der Waals surface area (Å²) < 4.78 is 19.9. The third-order valence-electron chi connectivity index (χ3n) is 5.70. The van der Waals surface area contributed by atoms with Crippen LogP contribution in [-0.4, -0.2) is 58.2 Å². The number of hydrogen-bond donors (Lipinski definition) is 4. The van der Waals surface area contributed by atoms with E-state index >= 15 is 0 Å². The van der Waals surface area contributed by atoms with Gasteiger partial charge in [0, 0.05) is 35.4 Å². The van der Waals surface area contributed by atoms with Gasteiger partial charge in [-0.2, -0.15) is 0 Å². The second-order valence-corrected chi connectivity index (χ2v) is 8.60. The highest BCUT2D eigenvalue weighted by atomic mass is 35.5. The fourth-order valence-corrected chi connectivity index (χ4v) is 4.12. The molecule has 0 aliphatic carbocycles. The molecule has 9 nitrogen and oxygen atoms in total. The molecule has 2 atom stereocenters. The van der Waals surface area contributed by atoms with Crippen LogP contribution in [0.4, 0.5) is 20.6 Å². The van der Waals surface area contributed by atoms with Crippen LogP contribution in [0.1, 0.15) is 23.7 Å². The number of anilines is 2. The lowest BCUT2D eigenvalue weighted by Gasteiger charge is -2.24. The molecule has 0 spiro atoms. The molecular weight excluding hydrogens is 491 g/mol. The first kappa shape index (κ1) is 25.2. The van der Waals surface area contributed by atoms with Gasteiger partial charge in [0.1, 0.15) is 11.9 Å². The number of nitrogens with zero attached hydrogens (tertiary/aromatic N) is 1. The molecule has 1 saturated heterocycles. The number of nitrogens with one attached hydrogen (secondary N) is 3. The van der Waals surface area contributed by atoms with Gasteiger partial charge in [-0.05, 0) is 49.4 Å². The molecule has 4 N–H and O–H groups in total. The van der Waals surface area contributed by atoms with Gasteiger partial charge in [0.25, 0.3) is 0 Å². The number of halogens is 2. The molecule has 11 heteroatoms. The Bertz CT molecular complexity index is 1280. The number of aliphatic hydroxyl groups is 1. The summed E-state index contributed by atoms with van der Waals surface area (Å²) in [4.78, 5) is 42.0. The molecule has 1 aromatic heterocycles. The van der Waals surface area contributed by atoms with Gasteiger partial charge >= 0.3 is 12.0 Å². The van der Waals surface area contributed by atoms with Gasteiger partial charge in [0.15, 0.2) is 0 Å². The number of urea groups is 1. The third-order valence-corrected chi connectivity index (χ3v) is 5.95. The molecule has 1 aliphatic rings. The number of amides is 3. The van der Waals surface area contributed by atoms with Crippen LogP contribution in [0.3, 0.4) is 0 Å². The Hall–Kier alpha value is -3.89. The number of aliphatic hydroxyl groups excluding tert-OH is 1. The number of likely N-dealkylation sites (tertiary alicyclic amines) is 1. The number of carbonyl (C=O) groups excluding carboxylic acids is 3. The first-order chi connectivity index (χ1) is 17.3. The minimum absolute atomic E-state index is 0.00491. The van der Waals surface area contributed by atoms with E-state index in [1.54, 1.807) is 43.5 Å². The second-order valence-electron chi connectivity index (χ2n) is 8.17. The molecule has 3 amide bonds. The second kappa shape index (κ2) is 10.8. The van der Waals surface area contributed by atoms with Crippen molar-refractivity contribution >= 4 is 40.9 Å². The van der Waals surface area contributed by atoms with E-state index in [9.17, 15) is 23.9 Å². The zero-order valence-corrected chi connectivity index (χ0v) is 20.0. The van der Waals surface area contributed by atoms with E-state index in [0.717, 1.165) is 0 Å². The maximum absolute atomic E-state index is 14.9. The van der Waals surface area contributed by atoms with Crippen molar-refractivity contribution in [2.75, 3.05) is 23.8 Å². The number of β-amino-alcohol motifs (C(OH)–C–C–N with tert-alkyl or cyclic N) is 1. The van der Waals surface area contributed by atoms with Crippen molar-refractivity contribution in [3.63, 3.8) is 0 Å². The number of aromatic nitrogens is 1. The maximum atomic E-state index is 14.9. The minimum Gasteiger partial charge on any atom is -0.462 e. The Morgan fingerprint density at radius 2 is 1.92 bits per heavy atom. The van der Waals surface area contributed by atoms with Crippen molar-refractivity contribution in [3.05, 3.63) is 71.1 Å². The van der Waals surface area contributed by atoms with E-state index < -0.39 is 35.9 Å². The molecule has 2 aromatic carbocycles. The fraction of sp³-hybridized carbons (Fsp3) is 0.240. The van der Waals surface area contributed by atoms with Gasteiger partial charge in [-0.1, -0.05) is 17.7 Å². The summed E-state index contributed by atoms with van der Waals surface area (Å²) in [6.45, 7) is 1.84. The molecule has 1 aliphatic heterocycles. The number of benzene rings is 2. The predicted octanol–water partition coefficient (Wildman–Crippen LogP) is 4.26. The van der Waals surface area contributed by atoms with Crippen LogP contribution in [0.25, 0.3) is 11.3 Å². The summed E-state index contributed by atoms with van der Waals surface area (Å²) in [5.41, 5.74) is 1.40. The molecule has 188 valence electrons. The lowest BCUT2D eigenvalue weighted by atomic mass is 10.1. The lowest BCUT2D eigenvalue weighted by Crippen LogP contribution is -2.45. The van der Waals surface area contributed by atoms with Gasteiger partial charge in [-0.3, -0.25) is 4.79 Å². The minimum atomic E-state index is -1.01. The van der Waals surface area contributed by atoms with Crippen LogP contribution in [0.15, 0.2) is 54.7 Å². The van der Waals surface area contributed by atoms with Gasteiger partial charge in [-0.25, -0.2) is 14.0 Å². The van der Waals surface area contributed by atoms with Gasteiger partial charge in [-0.15, -0.1) is 0 Å². The standard InChI is InChI=1S/C25H24ClFN4O5/c1-2-36-24(34)18-9-10-28-22(18)14-3-8-20(19(27)11-14)30-23(33)21-12-17(32)13-31(21)25(35)29-16-6-4-15(26)5-7-16/h3-11,17,21,28,32H,2,12-13H2,1H3,(H,29,35)(H,30,33)/t17-,21-/m1/s1. The Balaban J connectivity index is 1.47. The zero-order chi connectivity index (χ0) is 25.8. The summed E-state index contributed by atoms with van der Waals surface area (Å²) >= 11 is 5.86. The smallest absolute Gasteiger partial charge is 0.340 e. The summed E-state index contributed by atoms with van der Waals surface area (Å²) in [5, 5.41) is 15.8. The van der Waals surface area contributed by atoms with Crippen LogP contribution < -0.4 is 10.6 Å². The highest BCUT2D eigenvalue weighted by molar-refractivity contribution is 6.30. The summed E-state index contributed by atoms with van der Waals surface area (Å²) in [6.07, 6.45) is 0.646. The number of rotatable bonds is 6. The van der Waals surface area contributed by atoms with Crippen molar-refractivity contribution in [1.82, 2.24) is 9.88 Å². The Labute approximate surface area is 211 Å². The molecule has 36 heavy (non-hydrogen) atoms. The van der Waals surface area contributed by atoms with Crippen LogP contribution in [0, 0.1) is 5.82 Å². The Morgan fingerprint density at radius 3 is 2.61 bits per heavy atom. The molecule has 1 fully saturated rings. The fourth-order valence-electron chi connectivity index (χ4n) is 3.99. The van der Waals surface area contributed by atoms with Crippen molar-refractivity contribution in [1.29, 1.82) is 0 Å². The van der Waals surface area contributed by atoms with Crippen LogP contribution in [0.5, 0.6) is 0 Å². The zero-order valence-electron chi connectivity index (χ0n) is 19.3. The van der Waals surface area contributed by atoms with Crippen molar-refractivity contribution in [3.8, 4) is 11.3 Å². The van der Waals surface area contributed by atoms with Crippen LogP contribution in [-0.2, 0) is 9.53 Å². The van der Waals surface area contributed by atoms with E-state index in [-0.39, 0.29) is 30.8 Å². The highest BCUT2D eigenvalue weighted by Crippen LogP contribution is 2.28. The number of hydrogen-bond acceptors (Lipinski definition) is 5. The number of H-pyrrole nitrogens is 1. The molecule has 0 saturated carbocycles. The van der Waals surface area contributed by atoms with E-state index in [1.165, 1.54) is 23.1 Å². The number of carbonyl (C=O) groups is 3. The van der Waals surface area contributed by atoms with Crippen LogP contribution in [0.2, 0.25) is 5.02 Å². The van der Waals surface area contributed by atoms with E-state index in [4.69, 9.17) is 16.3 Å². The highest BCUT2D eigenvalue weighted by Gasteiger charge is 2.39. The first-order valence-corrected chi connectivity index (χ1v) is 11.6. The molecule has 0 unspecified atom stereocenters. The quantitative estimate of drug-likeness (QED) is 0.366. The summed E-state index contributed by atoms with van der Waals surface area (Å²) in [6, 6.07) is 10.5. The monoisotopic (exact) mass is 514 g/mol. The van der Waals surface area contributed by atoms with Crippen molar-refractivity contribution in [2.45, 2.75) is 25.5 Å². The molecule has 2 heterocycles. The maximum Gasteiger partial charge on any atom is 0.340 e. The summed E-state index contributed by atoms with van der Waals surface area (Å²) in [5.74, 6) is -1.92. The van der Waals surface area contributed by atoms with E-state index in [2.05, 4.69) is 15.6 Å². The lowest BCUT2D eigenvalue weighted by molar-refractivity contribution is -0.119. The number of ether oxygens (including phenoxy) is 1. The first-order valence-electron chi connectivity index (χ1n) is 11.2. The largest absolute Gasteiger partial charge is 0.462 e. The summed E-state index contributed by atoms with van der Waals surface area (Å²) in [7, 11) is 0. The average Bonchev–Trinajstić information content (AvgIpc) is 3.49. The number of esters is 1. The third kappa shape index (κ3) is 5.50. The van der Waals surface area contributed by atoms with Crippen LogP contribution >= 0.6 is 11.6 Å². The normalized spacial score (nSPS) is 17.1. The van der Waals surface area contributed by atoms with E-state index in [0.29, 0.717) is 22.0 Å². The Morgan fingerprint density at radius 1 is 1.17 bits per heavy atom.